The van der Waals surface area contributed by atoms with Gasteiger partial charge in [-0.1, -0.05) is 59.5 Å². The molecule has 1 atom stereocenters. The van der Waals surface area contributed by atoms with Gasteiger partial charge in [0.25, 0.3) is 0 Å². The Morgan fingerprint density at radius 3 is 2.59 bits per heavy atom. The van der Waals surface area contributed by atoms with Gasteiger partial charge in [0, 0.05) is 22.2 Å². The molecule has 152 valence electrons. The van der Waals surface area contributed by atoms with Gasteiger partial charge in [0.2, 0.25) is 5.91 Å². The molecular formula is C24H26BrNO3. The van der Waals surface area contributed by atoms with Crippen molar-refractivity contribution in [3.05, 3.63) is 70.2 Å². The SMILES string of the molecule is [2H]C(c1ccc(Br)cc1)N(C(=O)C1CCCCC1)c1cccc(/C=C/C(=O)OC)c1. The zero-order valence-corrected chi connectivity index (χ0v) is 18.1. The summed E-state index contributed by atoms with van der Waals surface area (Å²) in [6.45, 7) is -0.854. The maximum atomic E-state index is 13.5. The molecular weight excluding hydrogens is 430 g/mol. The second kappa shape index (κ2) is 10.4. The zero-order chi connectivity index (χ0) is 21.5. The summed E-state index contributed by atoms with van der Waals surface area (Å²) in [5.41, 5.74) is 2.17. The summed E-state index contributed by atoms with van der Waals surface area (Å²) in [6, 6.07) is 14.9. The van der Waals surface area contributed by atoms with Gasteiger partial charge >= 0.3 is 5.97 Å². The average molecular weight is 457 g/mol. The lowest BCUT2D eigenvalue weighted by atomic mass is 9.88. The van der Waals surface area contributed by atoms with Gasteiger partial charge in [-0.05, 0) is 54.3 Å². The second-order valence-corrected chi connectivity index (χ2v) is 8.09. The minimum atomic E-state index is -0.854. The molecule has 0 heterocycles. The minimum absolute atomic E-state index is 0.00767. The molecule has 0 radical (unpaired) electrons. The topological polar surface area (TPSA) is 46.6 Å². The lowest BCUT2D eigenvalue weighted by molar-refractivity contribution is -0.134. The molecule has 0 N–H and O–H groups in total. The van der Waals surface area contributed by atoms with E-state index in [1.54, 1.807) is 11.0 Å². The van der Waals surface area contributed by atoms with Crippen LogP contribution in [-0.4, -0.2) is 19.0 Å². The van der Waals surface area contributed by atoms with Crippen molar-refractivity contribution >= 4 is 39.6 Å². The first-order valence-electron chi connectivity index (χ1n) is 10.4. The van der Waals surface area contributed by atoms with E-state index in [-0.39, 0.29) is 11.8 Å². The molecule has 5 heteroatoms. The molecule has 1 saturated carbocycles. The molecule has 0 aliphatic heterocycles. The number of anilines is 1. The highest BCUT2D eigenvalue weighted by molar-refractivity contribution is 9.10. The predicted octanol–water partition coefficient (Wildman–Crippen LogP) is 5.75. The predicted molar refractivity (Wildman–Crippen MR) is 119 cm³/mol. The Labute approximate surface area is 182 Å². The summed E-state index contributed by atoms with van der Waals surface area (Å²) in [4.78, 5) is 26.5. The molecule has 0 aromatic heterocycles. The van der Waals surface area contributed by atoms with Crippen LogP contribution < -0.4 is 4.90 Å². The molecule has 3 rings (SSSR count). The number of benzene rings is 2. The number of rotatable bonds is 6. The Bertz CT molecular complexity index is 907. The minimum Gasteiger partial charge on any atom is -0.466 e. The van der Waals surface area contributed by atoms with Crippen LogP contribution in [0, 0.1) is 5.92 Å². The van der Waals surface area contributed by atoms with Crippen LogP contribution in [-0.2, 0) is 20.8 Å². The molecule has 2 aromatic carbocycles. The first-order chi connectivity index (χ1) is 14.5. The Hall–Kier alpha value is -2.40. The van der Waals surface area contributed by atoms with Crippen LogP contribution in [0.2, 0.25) is 0 Å². The van der Waals surface area contributed by atoms with Crippen molar-refractivity contribution in [2.75, 3.05) is 12.0 Å². The van der Waals surface area contributed by atoms with Crippen LogP contribution in [0.25, 0.3) is 6.08 Å². The molecule has 0 saturated heterocycles. The number of hydrogen-bond donors (Lipinski definition) is 0. The highest BCUT2D eigenvalue weighted by Crippen LogP contribution is 2.29. The molecule has 4 nitrogen and oxygen atoms in total. The number of carbonyl (C=O) groups is 2. The van der Waals surface area contributed by atoms with Crippen molar-refractivity contribution in [1.29, 1.82) is 0 Å². The number of ether oxygens (including phenoxy) is 1. The zero-order valence-electron chi connectivity index (χ0n) is 17.5. The van der Waals surface area contributed by atoms with Gasteiger partial charge < -0.3 is 9.64 Å². The van der Waals surface area contributed by atoms with E-state index in [1.165, 1.54) is 13.2 Å². The smallest absolute Gasteiger partial charge is 0.330 e. The lowest BCUT2D eigenvalue weighted by Crippen LogP contribution is -2.36. The van der Waals surface area contributed by atoms with Crippen molar-refractivity contribution in [2.45, 2.75) is 38.6 Å². The van der Waals surface area contributed by atoms with Gasteiger partial charge in [-0.25, -0.2) is 4.79 Å². The van der Waals surface area contributed by atoms with Crippen LogP contribution in [0.4, 0.5) is 5.69 Å². The van der Waals surface area contributed by atoms with Gasteiger partial charge in [0.05, 0.1) is 15.0 Å². The maximum Gasteiger partial charge on any atom is 0.330 e. The number of carbonyl (C=O) groups excluding carboxylic acids is 2. The van der Waals surface area contributed by atoms with E-state index >= 15 is 0 Å². The fourth-order valence-corrected chi connectivity index (χ4v) is 3.78. The first kappa shape index (κ1) is 19.9. The van der Waals surface area contributed by atoms with Crippen LogP contribution in [0.1, 0.15) is 44.6 Å². The normalized spacial score (nSPS) is 16.3. The highest BCUT2D eigenvalue weighted by Gasteiger charge is 2.27. The summed E-state index contributed by atoms with van der Waals surface area (Å²) in [6.07, 6.45) is 7.99. The van der Waals surface area contributed by atoms with Crippen molar-refractivity contribution in [1.82, 2.24) is 0 Å². The van der Waals surface area contributed by atoms with Crippen molar-refractivity contribution < 1.29 is 15.7 Å². The second-order valence-electron chi connectivity index (χ2n) is 7.18. The van der Waals surface area contributed by atoms with Gasteiger partial charge in [-0.3, -0.25) is 4.79 Å². The Kier molecular flexibility index (Phi) is 7.13. The first-order valence-corrected chi connectivity index (χ1v) is 10.7. The molecule has 1 fully saturated rings. The van der Waals surface area contributed by atoms with Gasteiger partial charge in [0.15, 0.2) is 0 Å². The number of methoxy groups -OCH3 is 1. The number of halogens is 1. The van der Waals surface area contributed by atoms with E-state index in [9.17, 15) is 9.59 Å². The quantitative estimate of drug-likeness (QED) is 0.410. The van der Waals surface area contributed by atoms with E-state index in [0.29, 0.717) is 5.69 Å². The Morgan fingerprint density at radius 2 is 1.90 bits per heavy atom. The van der Waals surface area contributed by atoms with Gasteiger partial charge in [0.1, 0.15) is 0 Å². The summed E-state index contributed by atoms with van der Waals surface area (Å²) < 4.78 is 14.5. The largest absolute Gasteiger partial charge is 0.466 e. The number of nitrogens with zero attached hydrogens (tertiary/aromatic N) is 1. The summed E-state index contributed by atoms with van der Waals surface area (Å²) in [5, 5.41) is 0. The molecule has 1 aliphatic rings. The number of hydrogen-bond acceptors (Lipinski definition) is 3. The van der Waals surface area contributed by atoms with Gasteiger partial charge in [-0.15, -0.1) is 0 Å². The summed E-state index contributed by atoms with van der Waals surface area (Å²) in [5.74, 6) is -0.508. The average Bonchev–Trinajstić information content (AvgIpc) is 2.78. The molecule has 1 aliphatic carbocycles. The van der Waals surface area contributed by atoms with Crippen molar-refractivity contribution in [3.63, 3.8) is 0 Å². The Balaban J connectivity index is 1.96. The van der Waals surface area contributed by atoms with Crippen LogP contribution in [0.5, 0.6) is 0 Å². The summed E-state index contributed by atoms with van der Waals surface area (Å²) in [7, 11) is 1.33. The molecule has 29 heavy (non-hydrogen) atoms. The highest BCUT2D eigenvalue weighted by atomic mass is 79.9. The van der Waals surface area contributed by atoms with E-state index in [1.807, 2.05) is 48.5 Å². The van der Waals surface area contributed by atoms with E-state index in [2.05, 4.69) is 20.7 Å². The van der Waals surface area contributed by atoms with Crippen LogP contribution >= 0.6 is 15.9 Å². The van der Waals surface area contributed by atoms with Crippen LogP contribution in [0.3, 0.4) is 0 Å². The third kappa shape index (κ3) is 6.04. The lowest BCUT2D eigenvalue weighted by Gasteiger charge is -2.30. The standard InChI is InChI=1S/C24H26BrNO3/c1-29-23(27)15-12-18-6-5-9-22(16-18)26(17-19-10-13-21(25)14-11-19)24(28)20-7-3-2-4-8-20/h5-6,9-16,20H,2-4,7-8,17H2,1H3/b15-12+/i17D. The van der Waals surface area contributed by atoms with Crippen molar-refractivity contribution in [3.8, 4) is 0 Å². The number of amides is 1. The third-order valence-corrected chi connectivity index (χ3v) is 5.63. The fraction of sp³-hybridized carbons (Fsp3) is 0.333. The maximum absolute atomic E-state index is 13.5. The molecule has 2 aromatic rings. The fourth-order valence-electron chi connectivity index (χ4n) is 3.52. The monoisotopic (exact) mass is 456 g/mol. The van der Waals surface area contributed by atoms with Crippen LogP contribution in [0.15, 0.2) is 59.1 Å². The van der Waals surface area contributed by atoms with Gasteiger partial charge in [-0.2, -0.15) is 0 Å². The van der Waals surface area contributed by atoms with E-state index in [4.69, 9.17) is 1.37 Å². The molecule has 0 spiro atoms. The third-order valence-electron chi connectivity index (χ3n) is 5.10. The summed E-state index contributed by atoms with van der Waals surface area (Å²) >= 11 is 3.43. The molecule has 0 bridgehead atoms. The molecule has 1 amide bonds. The number of esters is 1. The van der Waals surface area contributed by atoms with E-state index < -0.39 is 12.5 Å². The Morgan fingerprint density at radius 1 is 1.17 bits per heavy atom. The van der Waals surface area contributed by atoms with Crippen molar-refractivity contribution in [2.24, 2.45) is 5.92 Å². The molecule has 1 unspecified atom stereocenters. The van der Waals surface area contributed by atoms with E-state index in [0.717, 1.165) is 47.7 Å².